The first-order valence-electron chi connectivity index (χ1n) is 47.6. The minimum absolute atomic E-state index is 0.0775. The number of carbonyl (C=O) groups excluding carboxylic acids is 6. The molecule has 22 aromatic rings. The zero-order chi connectivity index (χ0) is 102. The lowest BCUT2D eigenvalue weighted by atomic mass is 10.0. The Morgan fingerprint density at radius 1 is 0.419 bits per heavy atom. The van der Waals surface area contributed by atoms with Gasteiger partial charge in [-0.25, -0.2) is 9.78 Å². The number of aromatic nitrogens is 11. The van der Waals surface area contributed by atoms with Crippen LogP contribution in [0.2, 0.25) is 0 Å². The Bertz CT molecular complexity index is 8450. The van der Waals surface area contributed by atoms with Crippen LogP contribution in [0.25, 0.3) is 167 Å². The standard InChI is InChI=1S/C25H21N3O4.C22H18N4O3S.C22H21N3O4.C21H17N3O5.C21H21N3O4/c1-31-24-17(25(30)26-19(14-29)15-7-3-2-4-8-15)11-12-18-22(24)23(28-27-18)21-13-16-9-5-6-10-20(16)32-21;1-28-21-14(22(27)24-9-8-18-23-10-11-30-18)6-7-15-19(21)20(26-25-15)17-12-13-4-2-3-5-16(13)29-17;1-27-21-15(22(26)23-12-14-6-4-10-28-14)8-9-16-19(21)20(25-24-16)18-11-13-5-2-3-7-17(13)29-18;1-27-19-12(20(25)22-14-8-9-28-21(14)26)6-7-13-17(19)18(24-23-13)16-10-11-4-2-3-5-15(11)29-16;1-3-27-11-10-22-21(25)14-8-9-15-18(20(14)26-2)19(24-23-15)17-12-13-6-4-5-7-16(13)28-17/h2-13,19,29H,14H2,1H3,(H,26,30)(H,27,28);2-7,10-12H,8-9H2,1H3,(H,24,27)(H,25,26);2-3,5,7-9,11,14H,4,6,10,12H2,1H3,(H,23,26)(H,24,25);2-7,10,14H,8-9H2,1H3,(H,22,25)(H,23,24);4-9,12H,3,10-11H2,1-2H3,(H,22,25)(H,23,24)/t19-;;;14-;/m1..1./s1. The SMILES string of the molecule is CCOCCNC(=O)c1ccc2n[nH]c(-c3cc4ccccc4o3)c2c1OC.COc1c(C(=O)NCC2CCCO2)ccc2n[nH]c(-c3cc4ccccc4o3)c12.COc1c(C(=O)NCCc2nccs2)ccc2n[nH]c(-c3cc4ccccc4o3)c12.COc1c(C(=O)N[C@@H]2CCOC2=O)ccc2n[nH]c(-c3cc4ccccc4o3)c12.COc1c(C(=O)N[C@H](CO)c2ccccc2)ccc2n[nH]c(-c3cc4ccccc4o3)c12. The van der Waals surface area contributed by atoms with E-state index >= 15 is 0 Å². The molecule has 1 unspecified atom stereocenters. The number of ether oxygens (including phenoxy) is 8. The van der Waals surface area contributed by atoms with Gasteiger partial charge in [-0.1, -0.05) is 121 Å². The number of amides is 5. The van der Waals surface area contributed by atoms with Crippen LogP contribution in [0, 0.1) is 0 Å². The number of thiazole rings is 1. The highest BCUT2D eigenvalue weighted by molar-refractivity contribution is 7.09. The topological polar surface area (TPSA) is 479 Å². The lowest BCUT2D eigenvalue weighted by Gasteiger charge is -2.18. The molecule has 2 aliphatic heterocycles. The molecule has 2 fully saturated rings. The van der Waals surface area contributed by atoms with E-state index in [1.54, 1.807) is 93.5 Å². The number of para-hydroxylation sites is 5. The number of nitrogens with zero attached hydrogens (tertiary/aromatic N) is 6. The molecule has 748 valence electrons. The molecule has 0 radical (unpaired) electrons. The van der Waals surface area contributed by atoms with E-state index in [0.717, 1.165) is 90.3 Å². The Morgan fingerprint density at radius 2 is 0.770 bits per heavy atom. The van der Waals surface area contributed by atoms with Crippen LogP contribution < -0.4 is 50.3 Å². The molecule has 0 saturated carbocycles. The molecule has 36 nitrogen and oxygen atoms in total. The molecule has 0 bridgehead atoms. The van der Waals surface area contributed by atoms with Crippen LogP contribution in [0.5, 0.6) is 28.7 Å². The lowest BCUT2D eigenvalue weighted by molar-refractivity contribution is -0.139. The molecule has 2 saturated heterocycles. The van der Waals surface area contributed by atoms with Crippen LogP contribution >= 0.6 is 11.3 Å². The number of carbonyl (C=O) groups is 6. The summed E-state index contributed by atoms with van der Waals surface area (Å²) in [7, 11) is 7.66. The van der Waals surface area contributed by atoms with Gasteiger partial charge in [-0.05, 0) is 147 Å². The highest BCUT2D eigenvalue weighted by Gasteiger charge is 2.33. The van der Waals surface area contributed by atoms with Crippen molar-refractivity contribution in [3.05, 3.63) is 293 Å². The Labute approximate surface area is 845 Å². The van der Waals surface area contributed by atoms with Crippen molar-refractivity contribution >= 4 is 156 Å². The number of methoxy groups -OCH3 is 5. The fraction of sp³-hybridized carbons (Fsp3) is 0.189. The van der Waals surface area contributed by atoms with Crippen molar-refractivity contribution in [3.8, 4) is 86.0 Å². The Hall–Kier alpha value is -18.2. The van der Waals surface area contributed by atoms with Crippen LogP contribution in [0.4, 0.5) is 0 Å². The van der Waals surface area contributed by atoms with Crippen LogP contribution in [0.3, 0.4) is 0 Å². The van der Waals surface area contributed by atoms with Gasteiger partial charge in [-0.15, -0.1) is 11.3 Å². The second-order valence-electron chi connectivity index (χ2n) is 34.3. The van der Waals surface area contributed by atoms with E-state index in [1.165, 1.54) is 14.2 Å². The van der Waals surface area contributed by atoms with E-state index in [0.29, 0.717) is 215 Å². The molecule has 37 heteroatoms. The molecule has 11 aromatic carbocycles. The van der Waals surface area contributed by atoms with Crippen molar-refractivity contribution in [3.63, 3.8) is 0 Å². The molecule has 148 heavy (non-hydrogen) atoms. The van der Waals surface area contributed by atoms with E-state index < -0.39 is 24.0 Å². The summed E-state index contributed by atoms with van der Waals surface area (Å²) in [5, 5.41) is 72.2. The summed E-state index contributed by atoms with van der Waals surface area (Å²) >= 11 is 1.57. The van der Waals surface area contributed by atoms with Gasteiger partial charge in [-0.3, -0.25) is 49.5 Å². The van der Waals surface area contributed by atoms with Crippen LogP contribution in [0.1, 0.15) is 94.6 Å². The maximum absolute atomic E-state index is 13.2. The molecule has 11 N–H and O–H groups in total. The molecule has 13 heterocycles. The van der Waals surface area contributed by atoms with Crippen molar-refractivity contribution in [2.75, 3.05) is 88.2 Å². The number of esters is 1. The molecule has 2 aliphatic rings. The van der Waals surface area contributed by atoms with Crippen molar-refractivity contribution in [2.24, 2.45) is 0 Å². The van der Waals surface area contributed by atoms with Gasteiger partial charge in [0.25, 0.3) is 29.5 Å². The summed E-state index contributed by atoms with van der Waals surface area (Å²) in [6.07, 6.45) is 4.97. The number of aliphatic hydroxyl groups excluding tert-OH is 1. The third-order valence-corrected chi connectivity index (χ3v) is 26.1. The van der Waals surface area contributed by atoms with Gasteiger partial charge >= 0.3 is 5.97 Å². The number of hydrogen-bond acceptors (Lipinski definition) is 27. The van der Waals surface area contributed by atoms with E-state index in [2.05, 4.69) is 82.6 Å². The average Bonchev–Trinajstić information content (AvgIpc) is 1.63. The van der Waals surface area contributed by atoms with Gasteiger partial charge in [-0.2, -0.15) is 25.5 Å². The van der Waals surface area contributed by atoms with E-state index in [-0.39, 0.29) is 36.3 Å². The number of aliphatic hydroxyl groups is 1. The number of aromatic amines is 5. The number of fused-ring (bicyclic) bond motifs is 10. The third kappa shape index (κ3) is 20.1. The summed E-state index contributed by atoms with van der Waals surface area (Å²) < 4.78 is 73.8. The van der Waals surface area contributed by atoms with Gasteiger partial charge in [0, 0.05) is 84.2 Å². The molecule has 11 aromatic heterocycles. The molecule has 24 rings (SSSR count). The van der Waals surface area contributed by atoms with Gasteiger partial charge in [0.2, 0.25) is 0 Å². The highest BCUT2D eigenvalue weighted by Crippen LogP contribution is 2.46. The maximum atomic E-state index is 13.2. The van der Waals surface area contributed by atoms with Crippen molar-refractivity contribution in [1.82, 2.24) is 82.6 Å². The quantitative estimate of drug-likeness (QED) is 0.0160. The van der Waals surface area contributed by atoms with Gasteiger partial charge in [0.15, 0.2) is 28.8 Å². The predicted molar refractivity (Wildman–Crippen MR) is 558 cm³/mol. The zero-order valence-corrected chi connectivity index (χ0v) is 81.6. The third-order valence-electron chi connectivity index (χ3n) is 25.3. The normalized spacial score (nSPS) is 13.5. The number of cyclic esters (lactones) is 1. The van der Waals surface area contributed by atoms with Crippen LogP contribution in [-0.4, -0.2) is 197 Å². The number of nitrogens with one attached hydrogen (secondary N) is 10. The Balaban J connectivity index is 0.000000112. The number of H-pyrrole nitrogens is 5. The first-order valence-corrected chi connectivity index (χ1v) is 48.5. The fourth-order valence-electron chi connectivity index (χ4n) is 18.1. The molecule has 5 amide bonds. The largest absolute Gasteiger partial charge is 0.495 e. The number of rotatable bonds is 28. The Kier molecular flexibility index (Phi) is 28.9. The minimum Gasteiger partial charge on any atom is -0.495 e. The van der Waals surface area contributed by atoms with Gasteiger partial charge in [0.1, 0.15) is 91.2 Å². The number of benzene rings is 11. The second-order valence-corrected chi connectivity index (χ2v) is 35.2. The smallest absolute Gasteiger partial charge is 0.328 e. The predicted octanol–water partition coefficient (Wildman–Crippen LogP) is 19.5. The summed E-state index contributed by atoms with van der Waals surface area (Å²) in [5.41, 5.74) is 13.3. The van der Waals surface area contributed by atoms with Gasteiger partial charge < -0.3 is 91.7 Å². The first-order chi connectivity index (χ1) is 72.5. The Morgan fingerprint density at radius 3 is 1.09 bits per heavy atom. The van der Waals surface area contributed by atoms with Crippen LogP contribution in [0.15, 0.2) is 276 Å². The molecular weight excluding hydrogens is 1910 g/mol. The fourth-order valence-corrected chi connectivity index (χ4v) is 18.7. The number of hydrogen-bond donors (Lipinski definition) is 11. The van der Waals surface area contributed by atoms with Crippen molar-refractivity contribution < 1.29 is 93.9 Å². The first kappa shape index (κ1) is 97.3. The van der Waals surface area contributed by atoms with E-state index in [1.807, 2.05) is 200 Å². The molecule has 3 atom stereocenters. The van der Waals surface area contributed by atoms with Crippen molar-refractivity contribution in [1.29, 1.82) is 0 Å². The maximum Gasteiger partial charge on any atom is 0.328 e. The van der Waals surface area contributed by atoms with E-state index in [4.69, 9.17) is 60.0 Å². The number of furan rings is 5. The molecule has 0 spiro atoms. The monoisotopic (exact) mass is 2010 g/mol. The highest BCUT2D eigenvalue weighted by atomic mass is 32.1. The second kappa shape index (κ2) is 43.9. The van der Waals surface area contributed by atoms with Gasteiger partial charge in [0.05, 0.1) is 155 Å². The lowest BCUT2D eigenvalue weighted by Crippen LogP contribution is -2.38. The average molecular weight is 2010 g/mol. The summed E-state index contributed by atoms with van der Waals surface area (Å²) in [5.74, 6) is 3.40. The zero-order valence-electron chi connectivity index (χ0n) is 80.8. The minimum atomic E-state index is -0.651. The van der Waals surface area contributed by atoms with Crippen molar-refractivity contribution in [2.45, 2.75) is 50.8 Å². The molecule has 0 aliphatic carbocycles. The van der Waals surface area contributed by atoms with E-state index in [9.17, 15) is 33.9 Å². The molecular formula is C111H98N16O20S. The summed E-state index contributed by atoms with van der Waals surface area (Å²) in [4.78, 5) is 80.2. The van der Waals surface area contributed by atoms with Crippen LogP contribution in [-0.2, 0) is 25.4 Å². The summed E-state index contributed by atoms with van der Waals surface area (Å²) in [6, 6.07) is 73.9. The summed E-state index contributed by atoms with van der Waals surface area (Å²) in [6.45, 7) is 5.23.